The molecule has 0 radical (unpaired) electrons. The van der Waals surface area contributed by atoms with Crippen LogP contribution in [0.2, 0.25) is 5.02 Å². The van der Waals surface area contributed by atoms with Crippen LogP contribution in [0.25, 0.3) is 6.08 Å². The van der Waals surface area contributed by atoms with Gasteiger partial charge in [-0.3, -0.25) is 9.59 Å². The van der Waals surface area contributed by atoms with E-state index in [9.17, 15) is 18.4 Å². The Morgan fingerprint density at radius 3 is 2.16 bits per heavy atom. The second-order valence-corrected chi connectivity index (χ2v) is 7.79. The molecule has 0 saturated carbocycles. The summed E-state index contributed by atoms with van der Waals surface area (Å²) >= 11 is 6.32. The van der Waals surface area contributed by atoms with E-state index in [2.05, 4.69) is 10.6 Å². The number of nitrogens with one attached hydrogen (secondary N) is 2. The van der Waals surface area contributed by atoms with E-state index in [4.69, 9.17) is 11.6 Å². The number of hydrogen-bond donors (Lipinski definition) is 2. The molecule has 0 aliphatic rings. The fourth-order valence-electron chi connectivity index (χ4n) is 2.59. The van der Waals surface area contributed by atoms with Crippen LogP contribution < -0.4 is 10.6 Å². The zero-order valence-electron chi connectivity index (χ0n) is 16.0. The molecule has 0 bridgehead atoms. The van der Waals surface area contributed by atoms with Crippen molar-refractivity contribution in [1.82, 2.24) is 5.32 Å². The third-order valence-electron chi connectivity index (χ3n) is 4.05. The van der Waals surface area contributed by atoms with E-state index in [-0.39, 0.29) is 5.70 Å². The van der Waals surface area contributed by atoms with Gasteiger partial charge >= 0.3 is 0 Å². The van der Waals surface area contributed by atoms with Gasteiger partial charge in [-0.15, -0.1) is 0 Å². The third kappa shape index (κ3) is 6.94. The number of rotatable bonds is 7. The first kappa shape index (κ1) is 22.5. The van der Waals surface area contributed by atoms with E-state index < -0.39 is 17.6 Å². The maximum absolute atomic E-state index is 12.9. The molecule has 31 heavy (non-hydrogen) atoms. The van der Waals surface area contributed by atoms with E-state index >= 15 is 0 Å². The molecule has 3 rings (SSSR count). The van der Waals surface area contributed by atoms with Gasteiger partial charge in [0.25, 0.3) is 17.6 Å². The molecular formula is C23H17ClF2N2O2S. The molecule has 0 aliphatic heterocycles. The first-order valence-electron chi connectivity index (χ1n) is 9.10. The summed E-state index contributed by atoms with van der Waals surface area (Å²) in [7, 11) is 0. The summed E-state index contributed by atoms with van der Waals surface area (Å²) in [5, 5.41) is 5.83. The van der Waals surface area contributed by atoms with Crippen LogP contribution in [-0.2, 0) is 4.79 Å². The van der Waals surface area contributed by atoms with Crippen LogP contribution in [0.3, 0.4) is 0 Å². The lowest BCUT2D eigenvalue weighted by Crippen LogP contribution is -2.30. The number of alkyl halides is 2. The highest BCUT2D eigenvalue weighted by Gasteiger charge is 2.15. The van der Waals surface area contributed by atoms with Crippen molar-refractivity contribution in [3.8, 4) is 0 Å². The number of benzene rings is 3. The van der Waals surface area contributed by atoms with Crippen molar-refractivity contribution in [2.45, 2.75) is 10.7 Å². The number of halogens is 3. The summed E-state index contributed by atoms with van der Waals surface area (Å²) in [6, 6.07) is 21.2. The Labute approximate surface area is 187 Å². The predicted octanol–water partition coefficient (Wildman–Crippen LogP) is 6.06. The molecule has 158 valence electrons. The van der Waals surface area contributed by atoms with Gasteiger partial charge < -0.3 is 10.6 Å². The van der Waals surface area contributed by atoms with Crippen molar-refractivity contribution in [1.29, 1.82) is 0 Å². The predicted molar refractivity (Wildman–Crippen MR) is 120 cm³/mol. The minimum absolute atomic E-state index is 0.0159. The van der Waals surface area contributed by atoms with Gasteiger partial charge in [-0.25, -0.2) is 0 Å². The summed E-state index contributed by atoms with van der Waals surface area (Å²) in [6.45, 7) is 0. The van der Waals surface area contributed by atoms with Crippen LogP contribution in [0.5, 0.6) is 0 Å². The molecular weight excluding hydrogens is 442 g/mol. The third-order valence-corrected chi connectivity index (χ3v) is 5.02. The van der Waals surface area contributed by atoms with Gasteiger partial charge in [0.15, 0.2) is 0 Å². The molecule has 0 saturated heterocycles. The minimum Gasteiger partial charge on any atom is -0.321 e. The number of carbonyl (C=O) groups is 2. The first-order valence-corrected chi connectivity index (χ1v) is 10.4. The molecule has 0 aliphatic carbocycles. The Kier molecular flexibility index (Phi) is 7.81. The van der Waals surface area contributed by atoms with Crippen molar-refractivity contribution in [3.05, 3.63) is 101 Å². The zero-order chi connectivity index (χ0) is 22.2. The minimum atomic E-state index is -2.53. The van der Waals surface area contributed by atoms with Crippen LogP contribution in [0.1, 0.15) is 15.9 Å². The monoisotopic (exact) mass is 458 g/mol. The fourth-order valence-corrected chi connectivity index (χ4v) is 3.21. The topological polar surface area (TPSA) is 58.2 Å². The Hall–Kier alpha value is -3.16. The largest absolute Gasteiger partial charge is 0.321 e. The van der Waals surface area contributed by atoms with Crippen LogP contribution in [0.4, 0.5) is 14.5 Å². The second kappa shape index (κ2) is 10.7. The highest BCUT2D eigenvalue weighted by molar-refractivity contribution is 7.99. The molecule has 2 N–H and O–H groups in total. The first-order chi connectivity index (χ1) is 14.9. The van der Waals surface area contributed by atoms with E-state index in [1.54, 1.807) is 54.6 Å². The average Bonchev–Trinajstić information content (AvgIpc) is 2.76. The van der Waals surface area contributed by atoms with Gasteiger partial charge in [0.1, 0.15) is 5.70 Å². The Morgan fingerprint density at radius 1 is 0.903 bits per heavy atom. The van der Waals surface area contributed by atoms with Crippen LogP contribution in [0.15, 0.2) is 89.5 Å². The maximum Gasteiger partial charge on any atom is 0.288 e. The number of hydrogen-bond acceptors (Lipinski definition) is 3. The SMILES string of the molecule is O=C(Nc1ccc(SC(F)F)cc1)/C(=C\c1ccc(Cl)cc1)NC(=O)c1ccccc1. The molecule has 0 aromatic heterocycles. The van der Waals surface area contributed by atoms with Gasteiger partial charge in [-0.1, -0.05) is 53.7 Å². The van der Waals surface area contributed by atoms with Crippen molar-refractivity contribution < 1.29 is 18.4 Å². The molecule has 2 amide bonds. The smallest absolute Gasteiger partial charge is 0.288 e. The van der Waals surface area contributed by atoms with E-state index in [0.717, 1.165) is 0 Å². The highest BCUT2D eigenvalue weighted by atomic mass is 35.5. The Morgan fingerprint density at radius 2 is 1.55 bits per heavy atom. The summed E-state index contributed by atoms with van der Waals surface area (Å²) in [4.78, 5) is 25.8. The molecule has 8 heteroatoms. The normalized spacial score (nSPS) is 11.3. The molecule has 0 spiro atoms. The summed E-state index contributed by atoms with van der Waals surface area (Å²) in [5.74, 6) is -3.53. The van der Waals surface area contributed by atoms with Gasteiger partial charge in [-0.05, 0) is 60.2 Å². The van der Waals surface area contributed by atoms with Crippen molar-refractivity contribution in [3.63, 3.8) is 0 Å². The molecule has 3 aromatic rings. The van der Waals surface area contributed by atoms with Crippen molar-refractivity contribution >= 4 is 46.9 Å². The van der Waals surface area contributed by atoms with Gasteiger partial charge in [0.05, 0.1) is 0 Å². The van der Waals surface area contributed by atoms with E-state index in [1.807, 2.05) is 0 Å². The van der Waals surface area contributed by atoms with Crippen LogP contribution in [0, 0.1) is 0 Å². The van der Waals surface area contributed by atoms with Gasteiger partial charge in [0.2, 0.25) is 0 Å². The molecule has 0 atom stereocenters. The lowest BCUT2D eigenvalue weighted by Gasteiger charge is -2.12. The number of carbonyl (C=O) groups excluding carboxylic acids is 2. The number of thioether (sulfide) groups is 1. The highest BCUT2D eigenvalue weighted by Crippen LogP contribution is 2.26. The molecule has 0 heterocycles. The molecule has 4 nitrogen and oxygen atoms in total. The molecule has 0 unspecified atom stereocenters. The zero-order valence-corrected chi connectivity index (χ0v) is 17.6. The van der Waals surface area contributed by atoms with Crippen molar-refractivity contribution in [2.24, 2.45) is 0 Å². The van der Waals surface area contributed by atoms with Crippen LogP contribution in [-0.4, -0.2) is 17.6 Å². The summed E-state index contributed by atoms with van der Waals surface area (Å²) in [6.07, 6.45) is 1.52. The maximum atomic E-state index is 12.9. The molecule has 3 aromatic carbocycles. The quantitative estimate of drug-likeness (QED) is 0.334. The molecule has 0 fully saturated rings. The Balaban J connectivity index is 1.81. The second-order valence-electron chi connectivity index (χ2n) is 6.29. The van der Waals surface area contributed by atoms with Gasteiger partial charge in [0, 0.05) is 21.2 Å². The van der Waals surface area contributed by atoms with Gasteiger partial charge in [-0.2, -0.15) is 8.78 Å². The standard InChI is InChI=1S/C23H17ClF2N2O2S/c24-17-8-6-15(7-9-17)14-20(28-21(29)16-4-2-1-3-5-16)22(30)27-18-10-12-19(13-11-18)31-23(25)26/h1-14,23H,(H,27,30)(H,28,29)/b20-14+. The van der Waals surface area contributed by atoms with Crippen LogP contribution >= 0.6 is 23.4 Å². The van der Waals surface area contributed by atoms with E-state index in [1.165, 1.54) is 30.3 Å². The average molecular weight is 459 g/mol. The number of anilines is 1. The summed E-state index contributed by atoms with van der Waals surface area (Å²) < 4.78 is 24.9. The summed E-state index contributed by atoms with van der Waals surface area (Å²) in [5.41, 5.74) is 1.47. The number of amides is 2. The Bertz CT molecular complexity index is 1070. The lowest BCUT2D eigenvalue weighted by molar-refractivity contribution is -0.113. The van der Waals surface area contributed by atoms with Crippen molar-refractivity contribution in [2.75, 3.05) is 5.32 Å². The van der Waals surface area contributed by atoms with E-state index in [0.29, 0.717) is 38.5 Å². The lowest BCUT2D eigenvalue weighted by atomic mass is 10.1. The fraction of sp³-hybridized carbons (Fsp3) is 0.0435.